The molecule has 0 aromatic heterocycles. The average molecular weight is 264 g/mol. The van der Waals surface area contributed by atoms with Crippen molar-refractivity contribution in [2.24, 2.45) is 0 Å². The Hall–Kier alpha value is -2.60. The first-order chi connectivity index (χ1) is 9.58. The van der Waals surface area contributed by atoms with Crippen LogP contribution in [0.15, 0.2) is 42.5 Å². The van der Waals surface area contributed by atoms with Crippen LogP contribution in [0.4, 0.5) is 5.69 Å². The molecule has 0 saturated carbocycles. The van der Waals surface area contributed by atoms with E-state index >= 15 is 0 Å². The van der Waals surface area contributed by atoms with E-state index in [2.05, 4.69) is 18.3 Å². The summed E-state index contributed by atoms with van der Waals surface area (Å²) in [4.78, 5) is 11.1. The molecule has 0 spiro atoms. The monoisotopic (exact) mass is 264 g/mol. The topological polar surface area (TPSA) is 52.9 Å². The van der Waals surface area contributed by atoms with Crippen molar-refractivity contribution in [1.82, 2.24) is 0 Å². The van der Waals surface area contributed by atoms with Crippen LogP contribution in [0.1, 0.15) is 29.2 Å². The molecule has 1 amide bonds. The van der Waals surface area contributed by atoms with Crippen molar-refractivity contribution in [2.75, 3.05) is 5.32 Å². The second-order valence-corrected chi connectivity index (χ2v) is 4.81. The van der Waals surface area contributed by atoms with Crippen LogP contribution in [0.5, 0.6) is 0 Å². The van der Waals surface area contributed by atoms with Crippen LogP contribution in [-0.4, -0.2) is 5.91 Å². The fraction of sp³-hybridized carbons (Fsp3) is 0.176. The highest BCUT2D eigenvalue weighted by molar-refractivity contribution is 5.88. The molecule has 0 radical (unpaired) electrons. The van der Waals surface area contributed by atoms with Crippen LogP contribution in [0.3, 0.4) is 0 Å². The molecule has 0 bridgehead atoms. The first kappa shape index (κ1) is 13.8. The number of nitrogens with one attached hydrogen (secondary N) is 1. The lowest BCUT2D eigenvalue weighted by Crippen LogP contribution is -2.06. The fourth-order valence-corrected chi connectivity index (χ4v) is 2.06. The minimum atomic E-state index is -0.0711. The molecule has 20 heavy (non-hydrogen) atoms. The van der Waals surface area contributed by atoms with Crippen LogP contribution >= 0.6 is 0 Å². The molecule has 0 atom stereocenters. The van der Waals surface area contributed by atoms with Crippen LogP contribution in [-0.2, 0) is 11.2 Å². The number of nitriles is 1. The SMILES string of the molecule is CC(=O)Nc1ccc(C)c(Cc2ccc(C#N)cc2)c1. The molecular weight excluding hydrogens is 248 g/mol. The number of hydrogen-bond donors (Lipinski definition) is 1. The summed E-state index contributed by atoms with van der Waals surface area (Å²) in [6.07, 6.45) is 0.783. The van der Waals surface area contributed by atoms with Gasteiger partial charge in [-0.3, -0.25) is 4.79 Å². The second-order valence-electron chi connectivity index (χ2n) is 4.81. The Labute approximate surface area is 118 Å². The Morgan fingerprint density at radius 1 is 1.20 bits per heavy atom. The summed E-state index contributed by atoms with van der Waals surface area (Å²) in [5.74, 6) is -0.0711. The number of rotatable bonds is 3. The number of nitrogens with zero attached hydrogens (tertiary/aromatic N) is 1. The van der Waals surface area contributed by atoms with Crippen LogP contribution < -0.4 is 5.32 Å². The predicted molar refractivity (Wildman–Crippen MR) is 79.4 cm³/mol. The van der Waals surface area contributed by atoms with Crippen molar-refractivity contribution in [3.05, 3.63) is 64.7 Å². The van der Waals surface area contributed by atoms with Gasteiger partial charge >= 0.3 is 0 Å². The Balaban J connectivity index is 2.23. The summed E-state index contributed by atoms with van der Waals surface area (Å²) in [5.41, 5.74) is 4.97. The average Bonchev–Trinajstić information content (AvgIpc) is 2.43. The van der Waals surface area contributed by atoms with Gasteiger partial charge in [-0.05, 0) is 54.3 Å². The number of anilines is 1. The molecule has 0 saturated heterocycles. The summed E-state index contributed by atoms with van der Waals surface area (Å²) in [6, 6.07) is 15.6. The molecule has 2 aromatic rings. The van der Waals surface area contributed by atoms with E-state index < -0.39 is 0 Å². The first-order valence-electron chi connectivity index (χ1n) is 6.44. The number of carbonyl (C=O) groups excluding carboxylic acids is 1. The van der Waals surface area contributed by atoms with E-state index in [1.54, 1.807) is 0 Å². The van der Waals surface area contributed by atoms with Crippen molar-refractivity contribution >= 4 is 11.6 Å². The summed E-state index contributed by atoms with van der Waals surface area (Å²) in [5, 5.41) is 11.6. The lowest BCUT2D eigenvalue weighted by atomic mass is 9.99. The first-order valence-corrected chi connectivity index (χ1v) is 6.44. The zero-order valence-corrected chi connectivity index (χ0v) is 11.6. The summed E-state index contributed by atoms with van der Waals surface area (Å²) < 4.78 is 0. The van der Waals surface area contributed by atoms with E-state index in [0.717, 1.165) is 17.7 Å². The molecule has 100 valence electrons. The normalized spacial score (nSPS) is 9.85. The second kappa shape index (κ2) is 6.03. The lowest BCUT2D eigenvalue weighted by molar-refractivity contribution is -0.114. The third-order valence-electron chi connectivity index (χ3n) is 3.15. The molecule has 2 aromatic carbocycles. The van der Waals surface area contributed by atoms with Gasteiger partial charge in [0.25, 0.3) is 0 Å². The minimum absolute atomic E-state index is 0.0711. The van der Waals surface area contributed by atoms with E-state index in [0.29, 0.717) is 5.56 Å². The van der Waals surface area contributed by atoms with Crippen LogP contribution in [0.25, 0.3) is 0 Å². The maximum absolute atomic E-state index is 11.1. The molecule has 0 aliphatic heterocycles. The Morgan fingerprint density at radius 2 is 1.90 bits per heavy atom. The van der Waals surface area contributed by atoms with Crippen molar-refractivity contribution in [2.45, 2.75) is 20.3 Å². The third-order valence-corrected chi connectivity index (χ3v) is 3.15. The number of aryl methyl sites for hydroxylation is 1. The summed E-state index contributed by atoms with van der Waals surface area (Å²) in [6.45, 7) is 3.55. The van der Waals surface area contributed by atoms with Gasteiger partial charge in [-0.25, -0.2) is 0 Å². The van der Waals surface area contributed by atoms with Crippen LogP contribution in [0.2, 0.25) is 0 Å². The maximum atomic E-state index is 11.1. The maximum Gasteiger partial charge on any atom is 0.221 e. The van der Waals surface area contributed by atoms with Gasteiger partial charge in [0, 0.05) is 12.6 Å². The highest BCUT2D eigenvalue weighted by Crippen LogP contribution is 2.19. The molecule has 0 fully saturated rings. The standard InChI is InChI=1S/C17H16N2O/c1-12-3-8-17(19-13(2)20)10-16(12)9-14-4-6-15(11-18)7-5-14/h3-8,10H,9H2,1-2H3,(H,19,20). The van der Waals surface area contributed by atoms with Gasteiger partial charge in [0.1, 0.15) is 0 Å². The minimum Gasteiger partial charge on any atom is -0.326 e. The van der Waals surface area contributed by atoms with E-state index in [4.69, 9.17) is 5.26 Å². The van der Waals surface area contributed by atoms with Gasteiger partial charge in [0.05, 0.1) is 11.6 Å². The van der Waals surface area contributed by atoms with Gasteiger partial charge in [-0.15, -0.1) is 0 Å². The van der Waals surface area contributed by atoms with E-state index in [-0.39, 0.29) is 5.91 Å². The fourth-order valence-electron chi connectivity index (χ4n) is 2.06. The van der Waals surface area contributed by atoms with E-state index in [1.165, 1.54) is 18.1 Å². The van der Waals surface area contributed by atoms with Crippen molar-refractivity contribution in [1.29, 1.82) is 5.26 Å². The number of amides is 1. The highest BCUT2D eigenvalue weighted by atomic mass is 16.1. The molecule has 2 rings (SSSR count). The Bertz CT molecular complexity index is 666. The van der Waals surface area contributed by atoms with Gasteiger partial charge in [-0.2, -0.15) is 5.26 Å². The zero-order chi connectivity index (χ0) is 14.5. The highest BCUT2D eigenvalue weighted by Gasteiger charge is 2.03. The van der Waals surface area contributed by atoms with E-state index in [9.17, 15) is 4.79 Å². The van der Waals surface area contributed by atoms with Gasteiger partial charge in [0.15, 0.2) is 0 Å². The van der Waals surface area contributed by atoms with E-state index in [1.807, 2.05) is 42.5 Å². The van der Waals surface area contributed by atoms with Crippen molar-refractivity contribution in [3.8, 4) is 6.07 Å². The molecule has 0 aliphatic carbocycles. The number of hydrogen-bond acceptors (Lipinski definition) is 2. The van der Waals surface area contributed by atoms with Gasteiger partial charge in [0.2, 0.25) is 5.91 Å². The number of benzene rings is 2. The lowest BCUT2D eigenvalue weighted by Gasteiger charge is -2.09. The molecule has 3 nitrogen and oxygen atoms in total. The zero-order valence-electron chi connectivity index (χ0n) is 11.6. The largest absolute Gasteiger partial charge is 0.326 e. The molecule has 0 aliphatic rings. The summed E-state index contributed by atoms with van der Waals surface area (Å²) in [7, 11) is 0. The molecule has 1 N–H and O–H groups in total. The molecule has 3 heteroatoms. The van der Waals surface area contributed by atoms with Crippen molar-refractivity contribution < 1.29 is 4.79 Å². The Morgan fingerprint density at radius 3 is 2.50 bits per heavy atom. The molecule has 0 unspecified atom stereocenters. The van der Waals surface area contributed by atoms with Crippen molar-refractivity contribution in [3.63, 3.8) is 0 Å². The van der Waals surface area contributed by atoms with Gasteiger partial charge < -0.3 is 5.32 Å². The van der Waals surface area contributed by atoms with Crippen LogP contribution in [0, 0.1) is 18.3 Å². The number of carbonyl (C=O) groups is 1. The predicted octanol–water partition coefficient (Wildman–Crippen LogP) is 3.42. The smallest absolute Gasteiger partial charge is 0.221 e. The third kappa shape index (κ3) is 3.46. The molecular formula is C17H16N2O. The quantitative estimate of drug-likeness (QED) is 0.923. The van der Waals surface area contributed by atoms with Gasteiger partial charge in [-0.1, -0.05) is 18.2 Å². The Kier molecular flexibility index (Phi) is 4.17. The molecule has 0 heterocycles. The summed E-state index contributed by atoms with van der Waals surface area (Å²) >= 11 is 0.